The van der Waals surface area contributed by atoms with Gasteiger partial charge >= 0.3 is 0 Å². The number of benzene rings is 1. The maximum absolute atomic E-state index is 12.6. The summed E-state index contributed by atoms with van der Waals surface area (Å²) in [4.78, 5) is 0.105. The molecule has 1 aliphatic carbocycles. The highest BCUT2D eigenvalue weighted by Gasteiger charge is 2.38. The molecule has 1 fully saturated rings. The van der Waals surface area contributed by atoms with E-state index < -0.39 is 15.6 Å². The molecule has 4 N–H and O–H groups in total. The first-order valence-corrected chi connectivity index (χ1v) is 9.25. The van der Waals surface area contributed by atoms with Crippen molar-refractivity contribution in [1.82, 2.24) is 4.72 Å². The molecule has 0 radical (unpaired) electrons. The third-order valence-corrected chi connectivity index (χ3v) is 6.56. The van der Waals surface area contributed by atoms with Crippen molar-refractivity contribution in [3.8, 4) is 0 Å². The van der Waals surface area contributed by atoms with E-state index in [1.807, 2.05) is 0 Å². The number of nitrogen functional groups attached to an aromatic ring is 1. The van der Waals surface area contributed by atoms with Crippen LogP contribution in [0.3, 0.4) is 0 Å². The van der Waals surface area contributed by atoms with Gasteiger partial charge in [-0.2, -0.15) is 0 Å². The molecule has 2 rings (SSSR count). The van der Waals surface area contributed by atoms with E-state index in [-0.39, 0.29) is 11.5 Å². The summed E-state index contributed by atoms with van der Waals surface area (Å²) in [6.45, 7) is 1.88. The first kappa shape index (κ1) is 16.7. The van der Waals surface area contributed by atoms with E-state index in [1.54, 1.807) is 12.1 Å². The minimum Gasteiger partial charge on any atom is -0.399 e. The molecule has 0 aromatic heterocycles. The summed E-state index contributed by atoms with van der Waals surface area (Å²) < 4.78 is 28.4. The molecule has 0 heterocycles. The number of hydrogen-bond donors (Lipinski definition) is 3. The van der Waals surface area contributed by atoms with Crippen molar-refractivity contribution >= 4 is 31.6 Å². The molecule has 21 heavy (non-hydrogen) atoms. The van der Waals surface area contributed by atoms with Crippen LogP contribution in [0.2, 0.25) is 0 Å². The molecule has 0 amide bonds. The Labute approximate surface area is 134 Å². The van der Waals surface area contributed by atoms with Crippen LogP contribution in [0.15, 0.2) is 27.6 Å². The Balaban J connectivity index is 2.33. The van der Waals surface area contributed by atoms with Gasteiger partial charge in [0, 0.05) is 10.2 Å². The fourth-order valence-corrected chi connectivity index (χ4v) is 5.43. The smallest absolute Gasteiger partial charge is 0.242 e. The Morgan fingerprint density at radius 3 is 2.86 bits per heavy atom. The van der Waals surface area contributed by atoms with Crippen LogP contribution in [-0.4, -0.2) is 25.7 Å². The Hall–Kier alpha value is -0.630. The minimum absolute atomic E-state index is 0.105. The molecular weight excluding hydrogens is 356 g/mol. The molecule has 0 saturated heterocycles. The molecule has 2 unspecified atom stereocenters. The number of hydrogen-bond acceptors (Lipinski definition) is 4. The van der Waals surface area contributed by atoms with Crippen LogP contribution in [0.5, 0.6) is 0 Å². The number of aliphatic hydroxyl groups excluding tert-OH is 1. The number of aliphatic hydroxyl groups is 1. The second-order valence-corrected chi connectivity index (χ2v) is 8.44. The zero-order valence-electron chi connectivity index (χ0n) is 12.0. The van der Waals surface area contributed by atoms with Gasteiger partial charge in [-0.05, 0) is 52.9 Å². The number of anilines is 1. The molecule has 2 atom stereocenters. The molecule has 1 aromatic rings. The SMILES string of the molecule is CC1CCCC(CO)(NS(=O)(=O)c2cc(N)ccc2Br)C1. The predicted octanol–water partition coefficient (Wildman–Crippen LogP) is 2.25. The van der Waals surface area contributed by atoms with Crippen molar-refractivity contribution in [2.24, 2.45) is 5.92 Å². The van der Waals surface area contributed by atoms with Crippen molar-refractivity contribution in [3.63, 3.8) is 0 Å². The number of nitrogens with one attached hydrogen (secondary N) is 1. The summed E-state index contributed by atoms with van der Waals surface area (Å²) in [7, 11) is -3.74. The summed E-state index contributed by atoms with van der Waals surface area (Å²) >= 11 is 3.25. The Bertz CT molecular complexity index is 621. The highest BCUT2D eigenvalue weighted by atomic mass is 79.9. The molecule has 5 nitrogen and oxygen atoms in total. The lowest BCUT2D eigenvalue weighted by Gasteiger charge is -2.39. The minimum atomic E-state index is -3.74. The molecule has 0 bridgehead atoms. The molecule has 0 aliphatic heterocycles. The summed E-state index contributed by atoms with van der Waals surface area (Å²) in [6.07, 6.45) is 3.25. The fraction of sp³-hybridized carbons (Fsp3) is 0.571. The maximum Gasteiger partial charge on any atom is 0.242 e. The van der Waals surface area contributed by atoms with Gasteiger partial charge in [0.15, 0.2) is 0 Å². The highest BCUT2D eigenvalue weighted by Crippen LogP contribution is 2.34. The average molecular weight is 377 g/mol. The molecule has 1 aliphatic rings. The number of rotatable bonds is 4. The van der Waals surface area contributed by atoms with E-state index in [0.29, 0.717) is 28.9 Å². The Morgan fingerprint density at radius 2 is 2.24 bits per heavy atom. The van der Waals surface area contributed by atoms with Crippen LogP contribution in [-0.2, 0) is 10.0 Å². The van der Waals surface area contributed by atoms with E-state index in [9.17, 15) is 13.5 Å². The van der Waals surface area contributed by atoms with E-state index in [0.717, 1.165) is 12.8 Å². The van der Waals surface area contributed by atoms with Crippen molar-refractivity contribution < 1.29 is 13.5 Å². The maximum atomic E-state index is 12.6. The number of halogens is 1. The van der Waals surface area contributed by atoms with Crippen LogP contribution < -0.4 is 10.5 Å². The first-order chi connectivity index (χ1) is 9.78. The average Bonchev–Trinajstić information content (AvgIpc) is 2.41. The third-order valence-electron chi connectivity index (χ3n) is 3.99. The summed E-state index contributed by atoms with van der Waals surface area (Å²) in [5.41, 5.74) is 5.29. The topological polar surface area (TPSA) is 92.4 Å². The third kappa shape index (κ3) is 3.77. The number of nitrogens with two attached hydrogens (primary N) is 1. The van der Waals surface area contributed by atoms with E-state index in [1.165, 1.54) is 6.07 Å². The van der Waals surface area contributed by atoms with Gasteiger partial charge in [-0.25, -0.2) is 13.1 Å². The molecule has 1 aromatic carbocycles. The second kappa shape index (κ2) is 6.24. The summed E-state index contributed by atoms with van der Waals surface area (Å²) in [6, 6.07) is 4.66. The van der Waals surface area contributed by atoms with Gasteiger partial charge in [-0.15, -0.1) is 0 Å². The monoisotopic (exact) mass is 376 g/mol. The Morgan fingerprint density at radius 1 is 1.52 bits per heavy atom. The van der Waals surface area contributed by atoms with Crippen LogP contribution in [0.1, 0.15) is 32.6 Å². The molecule has 1 saturated carbocycles. The predicted molar refractivity (Wildman–Crippen MR) is 86.3 cm³/mol. The van der Waals surface area contributed by atoms with Crippen LogP contribution in [0.25, 0.3) is 0 Å². The summed E-state index contributed by atoms with van der Waals surface area (Å²) in [5, 5.41) is 9.73. The molecule has 0 spiro atoms. The van der Waals surface area contributed by atoms with Gasteiger partial charge in [0.05, 0.1) is 17.0 Å². The van der Waals surface area contributed by atoms with Crippen LogP contribution in [0.4, 0.5) is 5.69 Å². The normalized spacial score (nSPS) is 26.7. The van der Waals surface area contributed by atoms with Crippen molar-refractivity contribution in [2.45, 2.75) is 43.0 Å². The summed E-state index contributed by atoms with van der Waals surface area (Å²) in [5.74, 6) is 0.387. The fourth-order valence-electron chi connectivity index (χ4n) is 2.99. The quantitative estimate of drug-likeness (QED) is 0.702. The van der Waals surface area contributed by atoms with Gasteiger partial charge in [-0.1, -0.05) is 19.8 Å². The van der Waals surface area contributed by atoms with Crippen molar-refractivity contribution in [1.29, 1.82) is 0 Å². The van der Waals surface area contributed by atoms with E-state index in [4.69, 9.17) is 5.73 Å². The van der Waals surface area contributed by atoms with Gasteiger partial charge in [0.25, 0.3) is 0 Å². The molecule has 7 heteroatoms. The second-order valence-electron chi connectivity index (χ2n) is 5.94. The standard InChI is InChI=1S/C14H21BrN2O3S/c1-10-3-2-6-14(8-10,9-18)17-21(19,20)13-7-11(16)4-5-12(13)15/h4-5,7,10,17-18H,2-3,6,8-9,16H2,1H3. The lowest BCUT2D eigenvalue weighted by atomic mass is 9.78. The van der Waals surface area contributed by atoms with Crippen molar-refractivity contribution in [3.05, 3.63) is 22.7 Å². The largest absolute Gasteiger partial charge is 0.399 e. The van der Waals surface area contributed by atoms with Crippen LogP contribution >= 0.6 is 15.9 Å². The van der Waals surface area contributed by atoms with Gasteiger partial charge in [0.1, 0.15) is 0 Å². The first-order valence-electron chi connectivity index (χ1n) is 6.98. The van der Waals surface area contributed by atoms with Crippen LogP contribution in [0, 0.1) is 5.92 Å². The molecule has 118 valence electrons. The zero-order valence-corrected chi connectivity index (χ0v) is 14.4. The lowest BCUT2D eigenvalue weighted by Crippen LogP contribution is -2.53. The highest BCUT2D eigenvalue weighted by molar-refractivity contribution is 9.10. The Kier molecular flexibility index (Phi) is 4.97. The van der Waals surface area contributed by atoms with E-state index >= 15 is 0 Å². The van der Waals surface area contributed by atoms with Gasteiger partial charge < -0.3 is 10.8 Å². The van der Waals surface area contributed by atoms with E-state index in [2.05, 4.69) is 27.6 Å². The van der Waals surface area contributed by atoms with Crippen molar-refractivity contribution in [2.75, 3.05) is 12.3 Å². The zero-order chi connectivity index (χ0) is 15.7. The molecular formula is C14H21BrN2O3S. The lowest BCUT2D eigenvalue weighted by molar-refractivity contribution is 0.119. The van der Waals surface area contributed by atoms with Gasteiger partial charge in [0.2, 0.25) is 10.0 Å². The number of sulfonamides is 1. The van der Waals surface area contributed by atoms with Gasteiger partial charge in [-0.3, -0.25) is 0 Å².